The number of thiazole rings is 2. The van der Waals surface area contributed by atoms with Gasteiger partial charge in [0.1, 0.15) is 0 Å². The van der Waals surface area contributed by atoms with Crippen molar-refractivity contribution < 1.29 is 13.6 Å². The van der Waals surface area contributed by atoms with E-state index in [1.165, 1.54) is 17.4 Å². The van der Waals surface area contributed by atoms with Crippen LogP contribution in [0, 0.1) is 18.6 Å². The number of para-hydroxylation sites is 1. The fraction of sp³-hybridized carbons (Fsp3) is 0.150. The second-order valence-electron chi connectivity index (χ2n) is 6.18. The highest BCUT2D eigenvalue weighted by Gasteiger charge is 2.14. The maximum atomic E-state index is 13.5. The summed E-state index contributed by atoms with van der Waals surface area (Å²) >= 11 is 2.88. The summed E-state index contributed by atoms with van der Waals surface area (Å²) in [7, 11) is 0. The second-order valence-corrected chi connectivity index (χ2v) is 8.49. The molecule has 0 spiro atoms. The molecule has 0 saturated heterocycles. The van der Waals surface area contributed by atoms with Crippen LogP contribution in [0.1, 0.15) is 16.3 Å². The number of hydrogen-bond acceptors (Lipinski definition) is 5. The molecule has 0 unspecified atom stereocenters. The van der Waals surface area contributed by atoms with Crippen LogP contribution in [0.2, 0.25) is 0 Å². The highest BCUT2D eigenvalue weighted by atomic mass is 32.1. The van der Waals surface area contributed by atoms with Crippen molar-refractivity contribution in [3.63, 3.8) is 0 Å². The van der Waals surface area contributed by atoms with Gasteiger partial charge in [0, 0.05) is 23.3 Å². The van der Waals surface area contributed by atoms with Gasteiger partial charge in [0.05, 0.1) is 20.9 Å². The molecule has 0 aliphatic heterocycles. The van der Waals surface area contributed by atoms with Crippen molar-refractivity contribution in [2.45, 2.75) is 19.8 Å². The van der Waals surface area contributed by atoms with Gasteiger partial charge in [-0.1, -0.05) is 12.1 Å². The first-order valence-electron chi connectivity index (χ1n) is 8.57. The van der Waals surface area contributed by atoms with E-state index in [9.17, 15) is 13.6 Å². The summed E-state index contributed by atoms with van der Waals surface area (Å²) < 4.78 is 27.7. The molecule has 142 valence electrons. The van der Waals surface area contributed by atoms with E-state index in [-0.39, 0.29) is 5.91 Å². The van der Waals surface area contributed by atoms with Crippen molar-refractivity contribution in [3.8, 4) is 11.3 Å². The molecule has 1 N–H and O–H groups in total. The zero-order chi connectivity index (χ0) is 19.7. The van der Waals surface area contributed by atoms with E-state index >= 15 is 0 Å². The van der Waals surface area contributed by atoms with E-state index in [2.05, 4.69) is 15.3 Å². The van der Waals surface area contributed by atoms with Crippen molar-refractivity contribution >= 4 is 43.9 Å². The van der Waals surface area contributed by atoms with Gasteiger partial charge in [-0.2, -0.15) is 0 Å². The molecule has 0 radical (unpaired) electrons. The van der Waals surface area contributed by atoms with E-state index in [4.69, 9.17) is 0 Å². The molecule has 0 saturated carbocycles. The highest BCUT2D eigenvalue weighted by Crippen LogP contribution is 2.31. The fourth-order valence-corrected chi connectivity index (χ4v) is 4.61. The van der Waals surface area contributed by atoms with Gasteiger partial charge in [0.2, 0.25) is 5.91 Å². The Bertz CT molecular complexity index is 1140. The van der Waals surface area contributed by atoms with Crippen LogP contribution >= 0.6 is 22.7 Å². The first kappa shape index (κ1) is 18.6. The average Bonchev–Trinajstić information content (AvgIpc) is 3.25. The summed E-state index contributed by atoms with van der Waals surface area (Å²) in [5.74, 6) is -1.99. The molecule has 2 aromatic carbocycles. The molecule has 0 bridgehead atoms. The molecule has 2 heterocycles. The summed E-state index contributed by atoms with van der Waals surface area (Å²) in [6.07, 6.45) is 0.838. The SMILES string of the molecule is Cc1sc(NC(=O)CCc2nc3ccccc3s2)nc1-c1ccc(F)c(F)c1. The van der Waals surface area contributed by atoms with Gasteiger partial charge in [-0.3, -0.25) is 4.79 Å². The van der Waals surface area contributed by atoms with Gasteiger partial charge in [-0.25, -0.2) is 18.7 Å². The number of aryl methyl sites for hydroxylation is 2. The van der Waals surface area contributed by atoms with Crippen molar-refractivity contribution in [1.82, 2.24) is 9.97 Å². The molecule has 2 aromatic heterocycles. The number of halogens is 2. The lowest BCUT2D eigenvalue weighted by atomic mass is 10.1. The van der Waals surface area contributed by atoms with Gasteiger partial charge in [-0.05, 0) is 37.3 Å². The van der Waals surface area contributed by atoms with Crippen molar-refractivity contribution in [1.29, 1.82) is 0 Å². The van der Waals surface area contributed by atoms with E-state index < -0.39 is 11.6 Å². The molecule has 8 heteroatoms. The lowest BCUT2D eigenvalue weighted by molar-refractivity contribution is -0.116. The number of carbonyl (C=O) groups excluding carboxylic acids is 1. The molecule has 28 heavy (non-hydrogen) atoms. The zero-order valence-electron chi connectivity index (χ0n) is 14.8. The van der Waals surface area contributed by atoms with Crippen LogP contribution in [0.4, 0.5) is 13.9 Å². The van der Waals surface area contributed by atoms with Crippen LogP contribution in [0.5, 0.6) is 0 Å². The van der Waals surface area contributed by atoms with Crippen molar-refractivity contribution in [3.05, 3.63) is 64.0 Å². The number of nitrogens with zero attached hydrogens (tertiary/aromatic N) is 2. The molecule has 0 atom stereocenters. The first-order valence-corrected chi connectivity index (χ1v) is 10.2. The Kier molecular flexibility index (Phi) is 5.15. The van der Waals surface area contributed by atoms with Crippen LogP contribution in [-0.2, 0) is 11.2 Å². The Morgan fingerprint density at radius 2 is 1.89 bits per heavy atom. The van der Waals surface area contributed by atoms with Crippen LogP contribution in [0.25, 0.3) is 21.5 Å². The molecular formula is C20H15F2N3OS2. The third-order valence-corrected chi connectivity index (χ3v) is 6.12. The number of rotatable bonds is 5. The number of anilines is 1. The van der Waals surface area contributed by atoms with Gasteiger partial charge in [0.15, 0.2) is 16.8 Å². The molecule has 0 aliphatic carbocycles. The Morgan fingerprint density at radius 3 is 2.68 bits per heavy atom. The minimum atomic E-state index is -0.925. The lowest BCUT2D eigenvalue weighted by Crippen LogP contribution is -2.12. The second kappa shape index (κ2) is 7.73. The maximum Gasteiger partial charge on any atom is 0.226 e. The lowest BCUT2D eigenvalue weighted by Gasteiger charge is -2.01. The molecular weight excluding hydrogens is 400 g/mol. The molecule has 4 nitrogen and oxygen atoms in total. The minimum absolute atomic E-state index is 0.162. The summed E-state index contributed by atoms with van der Waals surface area (Å²) in [6.45, 7) is 1.82. The predicted octanol–water partition coefficient (Wildman–Crippen LogP) is 5.58. The molecule has 4 rings (SSSR count). The number of fused-ring (bicyclic) bond motifs is 1. The molecule has 1 amide bonds. The van der Waals surface area contributed by atoms with Crippen LogP contribution in [-0.4, -0.2) is 15.9 Å². The summed E-state index contributed by atoms with van der Waals surface area (Å²) in [5.41, 5.74) is 1.95. The number of amides is 1. The largest absolute Gasteiger partial charge is 0.302 e. The molecule has 4 aromatic rings. The predicted molar refractivity (Wildman–Crippen MR) is 109 cm³/mol. The van der Waals surface area contributed by atoms with E-state index in [0.29, 0.717) is 29.2 Å². The van der Waals surface area contributed by atoms with Crippen LogP contribution in [0.15, 0.2) is 42.5 Å². The number of aromatic nitrogens is 2. The van der Waals surface area contributed by atoms with Gasteiger partial charge in [-0.15, -0.1) is 22.7 Å². The van der Waals surface area contributed by atoms with Crippen molar-refractivity contribution in [2.75, 3.05) is 5.32 Å². The number of benzene rings is 2. The van der Waals surface area contributed by atoms with Gasteiger partial charge >= 0.3 is 0 Å². The van der Waals surface area contributed by atoms with Crippen LogP contribution < -0.4 is 5.32 Å². The summed E-state index contributed by atoms with van der Waals surface area (Å²) in [5, 5.41) is 4.13. The van der Waals surface area contributed by atoms with Gasteiger partial charge < -0.3 is 5.32 Å². The van der Waals surface area contributed by atoms with E-state index in [1.54, 1.807) is 11.3 Å². The monoisotopic (exact) mass is 415 g/mol. The quantitative estimate of drug-likeness (QED) is 0.463. The smallest absolute Gasteiger partial charge is 0.226 e. The highest BCUT2D eigenvalue weighted by molar-refractivity contribution is 7.18. The molecule has 0 fully saturated rings. The van der Waals surface area contributed by atoms with Gasteiger partial charge in [0.25, 0.3) is 0 Å². The zero-order valence-corrected chi connectivity index (χ0v) is 16.5. The summed E-state index contributed by atoms with van der Waals surface area (Å²) in [4.78, 5) is 22.0. The molecule has 0 aliphatic rings. The topological polar surface area (TPSA) is 54.9 Å². The Morgan fingerprint density at radius 1 is 1.07 bits per heavy atom. The first-order chi connectivity index (χ1) is 13.5. The summed E-state index contributed by atoms with van der Waals surface area (Å²) in [6, 6.07) is 11.5. The number of nitrogens with one attached hydrogen (secondary N) is 1. The fourth-order valence-electron chi connectivity index (χ4n) is 2.79. The maximum absolute atomic E-state index is 13.5. The average molecular weight is 415 g/mol. The van der Waals surface area contributed by atoms with E-state index in [0.717, 1.165) is 32.2 Å². The Balaban J connectivity index is 1.42. The normalized spacial score (nSPS) is 11.1. The van der Waals surface area contributed by atoms with E-state index in [1.807, 2.05) is 31.2 Å². The minimum Gasteiger partial charge on any atom is -0.302 e. The number of carbonyl (C=O) groups is 1. The Labute approximate surface area is 167 Å². The third kappa shape index (κ3) is 3.93. The number of hydrogen-bond donors (Lipinski definition) is 1. The third-order valence-electron chi connectivity index (χ3n) is 4.14. The standard InChI is InChI=1S/C20H15F2N3OS2/c1-11-19(12-6-7-13(21)14(22)10-12)25-20(27-11)24-17(26)8-9-18-23-15-4-2-3-5-16(15)28-18/h2-7,10H,8-9H2,1H3,(H,24,25,26). The van der Waals surface area contributed by atoms with Crippen LogP contribution in [0.3, 0.4) is 0 Å². The van der Waals surface area contributed by atoms with Crippen molar-refractivity contribution in [2.24, 2.45) is 0 Å². The Hall–Kier alpha value is -2.71.